The van der Waals surface area contributed by atoms with Crippen molar-refractivity contribution in [2.45, 2.75) is 83.0 Å². The van der Waals surface area contributed by atoms with Gasteiger partial charge in [-0.05, 0) is 60.4 Å². The van der Waals surface area contributed by atoms with Gasteiger partial charge in [-0.1, -0.05) is 70.0 Å². The largest absolute Gasteiger partial charge is 0.490 e. The first kappa shape index (κ1) is 24.2. The van der Waals surface area contributed by atoms with Gasteiger partial charge in [-0.25, -0.2) is 4.79 Å². The Morgan fingerprint density at radius 2 is 1.86 bits per heavy atom. The first-order valence-electron chi connectivity index (χ1n) is 13.3. The predicted octanol–water partition coefficient (Wildman–Crippen LogP) is 6.12. The lowest BCUT2D eigenvalue weighted by Gasteiger charge is -2.32. The Morgan fingerprint density at radius 3 is 2.60 bits per heavy atom. The fourth-order valence-corrected chi connectivity index (χ4v) is 5.59. The molecule has 188 valence electrons. The average molecular weight is 478 g/mol. The molecule has 2 aromatic carbocycles. The van der Waals surface area contributed by atoms with E-state index >= 15 is 0 Å². The third-order valence-electron chi connectivity index (χ3n) is 8.08. The molecule has 0 aromatic heterocycles. The Labute approximate surface area is 209 Å². The van der Waals surface area contributed by atoms with Crippen LogP contribution in [0.3, 0.4) is 0 Å². The molecule has 5 heteroatoms. The molecule has 1 amide bonds. The first-order chi connectivity index (χ1) is 16.9. The molecule has 5 nitrogen and oxygen atoms in total. The third kappa shape index (κ3) is 5.83. The van der Waals surface area contributed by atoms with Crippen LogP contribution < -0.4 is 4.74 Å². The molecule has 1 saturated carbocycles. The van der Waals surface area contributed by atoms with Crippen molar-refractivity contribution in [2.75, 3.05) is 19.8 Å². The quantitative estimate of drug-likeness (QED) is 0.408. The Hall–Kier alpha value is -2.53. The van der Waals surface area contributed by atoms with Crippen LogP contribution in [0.25, 0.3) is 0 Å². The van der Waals surface area contributed by atoms with Gasteiger partial charge in [-0.3, -0.25) is 0 Å². The van der Waals surface area contributed by atoms with Gasteiger partial charge in [0.1, 0.15) is 12.4 Å². The number of benzene rings is 2. The number of carbonyl (C=O) groups is 1. The summed E-state index contributed by atoms with van der Waals surface area (Å²) in [7, 11) is 0. The molecule has 3 aliphatic rings. The maximum absolute atomic E-state index is 12.5. The fraction of sp³-hybridized carbons (Fsp3) is 0.567. The molecular formula is C30H39NO4. The van der Waals surface area contributed by atoms with Crippen molar-refractivity contribution in [3.05, 3.63) is 65.2 Å². The Kier molecular flexibility index (Phi) is 7.06. The molecule has 2 aliphatic heterocycles. The number of hydrogen-bond donors (Lipinski definition) is 0. The summed E-state index contributed by atoms with van der Waals surface area (Å²) < 4.78 is 17.1. The number of rotatable bonds is 9. The zero-order chi connectivity index (χ0) is 24.4. The normalized spacial score (nSPS) is 26.5. The van der Waals surface area contributed by atoms with Gasteiger partial charge in [0.15, 0.2) is 6.10 Å². The topological polar surface area (TPSA) is 51.3 Å². The highest BCUT2D eigenvalue weighted by Gasteiger charge is 2.38. The second-order valence-electron chi connectivity index (χ2n) is 11.2. The molecule has 3 fully saturated rings. The maximum atomic E-state index is 12.5. The average Bonchev–Trinajstić information content (AvgIpc) is 3.62. The molecule has 2 saturated heterocycles. The summed E-state index contributed by atoms with van der Waals surface area (Å²) >= 11 is 0. The summed E-state index contributed by atoms with van der Waals surface area (Å²) in [5, 5.41) is 0. The summed E-state index contributed by atoms with van der Waals surface area (Å²) in [6, 6.07) is 17.6. The molecule has 0 radical (unpaired) electrons. The lowest BCUT2D eigenvalue weighted by Crippen LogP contribution is -2.39. The van der Waals surface area contributed by atoms with Crippen molar-refractivity contribution in [3.63, 3.8) is 0 Å². The third-order valence-corrected chi connectivity index (χ3v) is 8.08. The van der Waals surface area contributed by atoms with Crippen molar-refractivity contribution in [2.24, 2.45) is 5.92 Å². The van der Waals surface area contributed by atoms with E-state index in [9.17, 15) is 4.79 Å². The number of ether oxygens (including phenoxy) is 3. The molecule has 35 heavy (non-hydrogen) atoms. The van der Waals surface area contributed by atoms with Crippen LogP contribution in [0.4, 0.5) is 4.79 Å². The Morgan fingerprint density at radius 1 is 1.06 bits per heavy atom. The van der Waals surface area contributed by atoms with Crippen LogP contribution in [-0.2, 0) is 21.3 Å². The second-order valence-corrected chi connectivity index (χ2v) is 11.2. The zero-order valence-corrected chi connectivity index (χ0v) is 21.4. The minimum atomic E-state index is -0.218. The van der Waals surface area contributed by atoms with Gasteiger partial charge in [-0.2, -0.15) is 0 Å². The van der Waals surface area contributed by atoms with E-state index in [-0.39, 0.29) is 17.6 Å². The molecule has 5 rings (SSSR count). The van der Waals surface area contributed by atoms with E-state index in [1.54, 1.807) is 0 Å². The molecular weight excluding hydrogens is 438 g/mol. The van der Waals surface area contributed by atoms with Gasteiger partial charge < -0.3 is 19.1 Å². The minimum absolute atomic E-state index is 0.147. The highest BCUT2D eigenvalue weighted by molar-refractivity contribution is 5.70. The molecule has 4 atom stereocenters. The maximum Gasteiger partial charge on any atom is 0.410 e. The highest BCUT2D eigenvalue weighted by Crippen LogP contribution is 2.34. The number of aryl methyl sites for hydroxylation is 1. The van der Waals surface area contributed by atoms with E-state index in [4.69, 9.17) is 14.2 Å². The van der Waals surface area contributed by atoms with Crippen molar-refractivity contribution in [1.82, 2.24) is 4.90 Å². The second kappa shape index (κ2) is 10.2. The van der Waals surface area contributed by atoms with E-state index in [1.807, 2.05) is 17.0 Å². The Bertz CT molecular complexity index is 1010. The number of amides is 1. The standard InChI is InChI=1S/C30H39NO4/c1-21-6-4-8-25(16-21)31-18-28(35-29(31)32)20-33-26-9-5-7-24(17-26)30(2,3)23-13-10-22(11-14-23)12-15-27-19-34-27/h5,7,9-11,13-14,17,21,25,27-28H,4,6,8,12,15-16,18-20H2,1-3H3. The number of carbonyl (C=O) groups excluding carboxylic acids is 1. The van der Waals surface area contributed by atoms with Crippen LogP contribution in [0.2, 0.25) is 0 Å². The summed E-state index contributed by atoms with van der Waals surface area (Å²) in [6.07, 6.45) is 6.87. The number of nitrogens with zero attached hydrogens (tertiary/aromatic N) is 1. The number of epoxide rings is 1. The van der Waals surface area contributed by atoms with E-state index in [0.29, 0.717) is 31.2 Å². The van der Waals surface area contributed by atoms with Gasteiger partial charge in [0.25, 0.3) is 0 Å². The number of cyclic esters (lactones) is 1. The lowest BCUT2D eigenvalue weighted by molar-refractivity contribution is 0.0995. The van der Waals surface area contributed by atoms with Gasteiger partial charge >= 0.3 is 6.09 Å². The van der Waals surface area contributed by atoms with Gasteiger partial charge in [0.05, 0.1) is 19.3 Å². The highest BCUT2D eigenvalue weighted by atomic mass is 16.6. The van der Waals surface area contributed by atoms with E-state index in [2.05, 4.69) is 57.2 Å². The summed E-state index contributed by atoms with van der Waals surface area (Å²) in [6.45, 7) is 8.71. The first-order valence-corrected chi connectivity index (χ1v) is 13.3. The van der Waals surface area contributed by atoms with E-state index in [0.717, 1.165) is 38.0 Å². The molecule has 0 spiro atoms. The Balaban J connectivity index is 1.18. The van der Waals surface area contributed by atoms with Crippen LogP contribution in [0.5, 0.6) is 5.75 Å². The summed E-state index contributed by atoms with van der Waals surface area (Å²) in [5.41, 5.74) is 3.70. The van der Waals surface area contributed by atoms with Gasteiger partial charge in [0.2, 0.25) is 0 Å². The van der Waals surface area contributed by atoms with Crippen molar-refractivity contribution < 1.29 is 19.0 Å². The predicted molar refractivity (Wildman–Crippen MR) is 137 cm³/mol. The SMILES string of the molecule is CC1CCCC(N2CC(COc3cccc(C(C)(C)c4ccc(CCC5CO5)cc4)c3)OC2=O)C1. The summed E-state index contributed by atoms with van der Waals surface area (Å²) in [5.74, 6) is 1.49. The van der Waals surface area contributed by atoms with Gasteiger partial charge in [0, 0.05) is 11.5 Å². The van der Waals surface area contributed by atoms with Crippen LogP contribution >= 0.6 is 0 Å². The molecule has 0 bridgehead atoms. The summed E-state index contributed by atoms with van der Waals surface area (Å²) in [4.78, 5) is 14.4. The zero-order valence-electron chi connectivity index (χ0n) is 21.4. The minimum Gasteiger partial charge on any atom is -0.490 e. The lowest BCUT2D eigenvalue weighted by atomic mass is 9.78. The van der Waals surface area contributed by atoms with Crippen molar-refractivity contribution >= 4 is 6.09 Å². The fourth-order valence-electron chi connectivity index (χ4n) is 5.59. The van der Waals surface area contributed by atoms with Crippen LogP contribution in [-0.4, -0.2) is 49.0 Å². The molecule has 2 heterocycles. The molecule has 4 unspecified atom stereocenters. The van der Waals surface area contributed by atoms with Crippen LogP contribution in [0, 0.1) is 5.92 Å². The van der Waals surface area contributed by atoms with Crippen LogP contribution in [0.15, 0.2) is 48.5 Å². The smallest absolute Gasteiger partial charge is 0.410 e. The van der Waals surface area contributed by atoms with Crippen molar-refractivity contribution in [3.8, 4) is 5.75 Å². The van der Waals surface area contributed by atoms with Gasteiger partial charge in [-0.15, -0.1) is 0 Å². The van der Waals surface area contributed by atoms with Crippen LogP contribution in [0.1, 0.15) is 69.6 Å². The number of hydrogen-bond acceptors (Lipinski definition) is 4. The van der Waals surface area contributed by atoms with E-state index in [1.165, 1.54) is 29.5 Å². The molecule has 2 aromatic rings. The molecule has 0 N–H and O–H groups in total. The monoisotopic (exact) mass is 477 g/mol. The van der Waals surface area contributed by atoms with E-state index < -0.39 is 0 Å². The van der Waals surface area contributed by atoms with Crippen molar-refractivity contribution in [1.29, 1.82) is 0 Å². The molecule has 1 aliphatic carbocycles.